The summed E-state index contributed by atoms with van der Waals surface area (Å²) in [4.78, 5) is 22.1. The minimum absolute atomic E-state index is 0.0141. The second kappa shape index (κ2) is 7.29. The molecule has 0 aliphatic carbocycles. The van der Waals surface area contributed by atoms with Gasteiger partial charge in [0.25, 0.3) is 5.91 Å². The summed E-state index contributed by atoms with van der Waals surface area (Å²) in [6, 6.07) is 6.03. The average molecular weight is 398 g/mol. The Bertz CT molecular complexity index is 992. The summed E-state index contributed by atoms with van der Waals surface area (Å²) in [5, 5.41) is 11.5. The number of fused-ring (bicyclic) bond motifs is 1. The lowest BCUT2D eigenvalue weighted by molar-refractivity contribution is 0.0623. The van der Waals surface area contributed by atoms with Crippen LogP contribution in [-0.2, 0) is 12.0 Å². The van der Waals surface area contributed by atoms with Gasteiger partial charge in [0.05, 0.1) is 16.2 Å². The van der Waals surface area contributed by atoms with Gasteiger partial charge in [0, 0.05) is 48.9 Å². The third-order valence-electron chi connectivity index (χ3n) is 5.16. The molecule has 3 aromatic rings. The number of aromatic amines is 1. The monoisotopic (exact) mass is 397 g/mol. The minimum atomic E-state index is 0.0141. The maximum atomic E-state index is 13.0. The molecule has 0 radical (unpaired) electrons. The summed E-state index contributed by atoms with van der Waals surface area (Å²) in [6.45, 7) is 12.6. The lowest BCUT2D eigenvalue weighted by Gasteiger charge is -2.34. The topological polar surface area (TPSA) is 65.1 Å². The van der Waals surface area contributed by atoms with Crippen molar-refractivity contribution in [3.63, 3.8) is 0 Å². The predicted molar refractivity (Wildman–Crippen MR) is 113 cm³/mol. The second-order valence-corrected chi connectivity index (χ2v) is 9.44. The number of H-pyrrole nitrogens is 1. The molecule has 1 aliphatic heterocycles. The molecule has 1 N–H and O–H groups in total. The largest absolute Gasteiger partial charge is 0.335 e. The van der Waals surface area contributed by atoms with E-state index in [-0.39, 0.29) is 11.3 Å². The van der Waals surface area contributed by atoms with Crippen LogP contribution in [0.3, 0.4) is 0 Å². The van der Waals surface area contributed by atoms with Gasteiger partial charge >= 0.3 is 0 Å². The van der Waals surface area contributed by atoms with Gasteiger partial charge in [-0.25, -0.2) is 4.98 Å². The number of piperazine rings is 1. The summed E-state index contributed by atoms with van der Waals surface area (Å²) in [6.07, 6.45) is 0. The number of nitrogens with zero attached hydrogens (tertiary/aromatic N) is 4. The van der Waals surface area contributed by atoms with Gasteiger partial charge < -0.3 is 4.90 Å². The van der Waals surface area contributed by atoms with Gasteiger partial charge in [0.1, 0.15) is 0 Å². The average Bonchev–Trinajstić information content (AvgIpc) is 3.28. The van der Waals surface area contributed by atoms with Gasteiger partial charge in [-0.05, 0) is 19.1 Å². The van der Waals surface area contributed by atoms with Crippen molar-refractivity contribution in [1.29, 1.82) is 0 Å². The molecule has 1 aliphatic rings. The smallest absolute Gasteiger partial charge is 0.275 e. The zero-order chi connectivity index (χ0) is 19.9. The van der Waals surface area contributed by atoms with Crippen LogP contribution in [0, 0.1) is 6.92 Å². The highest BCUT2D eigenvalue weighted by atomic mass is 32.1. The molecule has 2 aromatic heterocycles. The summed E-state index contributed by atoms with van der Waals surface area (Å²) >= 11 is 1.74. The van der Waals surface area contributed by atoms with E-state index in [9.17, 15) is 4.79 Å². The quantitative estimate of drug-likeness (QED) is 0.734. The highest BCUT2D eigenvalue weighted by molar-refractivity contribution is 7.09. The number of aryl methyl sites for hydroxylation is 1. The number of hydrogen-bond donors (Lipinski definition) is 1. The Morgan fingerprint density at radius 2 is 1.96 bits per heavy atom. The zero-order valence-electron chi connectivity index (χ0n) is 17.0. The van der Waals surface area contributed by atoms with Crippen LogP contribution < -0.4 is 0 Å². The van der Waals surface area contributed by atoms with Crippen LogP contribution in [0.5, 0.6) is 0 Å². The fraction of sp³-hybridized carbons (Fsp3) is 0.476. The van der Waals surface area contributed by atoms with Crippen LogP contribution in [0.15, 0.2) is 23.6 Å². The van der Waals surface area contributed by atoms with E-state index in [2.05, 4.69) is 41.2 Å². The minimum Gasteiger partial charge on any atom is -0.335 e. The van der Waals surface area contributed by atoms with Crippen molar-refractivity contribution in [2.24, 2.45) is 0 Å². The van der Waals surface area contributed by atoms with Crippen LogP contribution in [0.4, 0.5) is 0 Å². The van der Waals surface area contributed by atoms with Gasteiger partial charge in [0.15, 0.2) is 5.69 Å². The van der Waals surface area contributed by atoms with E-state index in [1.807, 2.05) is 30.0 Å². The van der Waals surface area contributed by atoms with Crippen molar-refractivity contribution in [3.05, 3.63) is 45.5 Å². The molecule has 28 heavy (non-hydrogen) atoms. The van der Waals surface area contributed by atoms with Crippen molar-refractivity contribution in [2.75, 3.05) is 26.2 Å². The molecule has 0 saturated carbocycles. The molecule has 6 nitrogen and oxygen atoms in total. The van der Waals surface area contributed by atoms with Gasteiger partial charge in [-0.1, -0.05) is 32.4 Å². The molecule has 7 heteroatoms. The van der Waals surface area contributed by atoms with Crippen molar-refractivity contribution < 1.29 is 4.79 Å². The summed E-state index contributed by atoms with van der Waals surface area (Å²) < 4.78 is 0. The van der Waals surface area contributed by atoms with Crippen molar-refractivity contribution >= 4 is 28.1 Å². The first kappa shape index (κ1) is 19.1. The van der Waals surface area contributed by atoms with Gasteiger partial charge in [-0.3, -0.25) is 14.8 Å². The Labute approximate surface area is 169 Å². The normalized spacial score (nSPS) is 16.1. The SMILES string of the molecule is Cc1ccc2[nH]nc(C(=O)N3CCN(Cc4csc(C(C)(C)C)n4)CC3)c2c1. The fourth-order valence-corrected chi connectivity index (χ4v) is 4.40. The van der Waals surface area contributed by atoms with Gasteiger partial charge in [-0.2, -0.15) is 5.10 Å². The Hall–Kier alpha value is -2.25. The molecule has 0 spiro atoms. The summed E-state index contributed by atoms with van der Waals surface area (Å²) in [5.74, 6) is 0.0141. The van der Waals surface area contributed by atoms with Gasteiger partial charge in [-0.15, -0.1) is 11.3 Å². The molecular formula is C21H27N5OS. The van der Waals surface area contributed by atoms with E-state index >= 15 is 0 Å². The second-order valence-electron chi connectivity index (χ2n) is 8.58. The number of rotatable bonds is 3. The number of carbonyl (C=O) groups is 1. The van der Waals surface area contributed by atoms with Gasteiger partial charge in [0.2, 0.25) is 0 Å². The summed E-state index contributed by atoms with van der Waals surface area (Å²) in [7, 11) is 0. The first-order chi connectivity index (χ1) is 13.3. The molecule has 148 valence electrons. The standard InChI is InChI=1S/C21H27N5OS/c1-14-5-6-17-16(11-14)18(24-23-17)19(27)26-9-7-25(8-10-26)12-15-13-28-20(22-15)21(2,3)4/h5-6,11,13H,7-10,12H2,1-4H3,(H,23,24). The third kappa shape index (κ3) is 3.82. The Morgan fingerprint density at radius 3 is 2.64 bits per heavy atom. The highest BCUT2D eigenvalue weighted by Crippen LogP contribution is 2.26. The van der Waals surface area contributed by atoms with E-state index < -0.39 is 0 Å². The number of carbonyl (C=O) groups excluding carboxylic acids is 1. The van der Waals surface area contributed by atoms with Crippen molar-refractivity contribution in [3.8, 4) is 0 Å². The molecule has 1 fully saturated rings. The number of hydrogen-bond acceptors (Lipinski definition) is 5. The number of amides is 1. The number of nitrogens with one attached hydrogen (secondary N) is 1. The molecular weight excluding hydrogens is 370 g/mol. The number of benzene rings is 1. The van der Waals surface area contributed by atoms with E-state index in [4.69, 9.17) is 4.98 Å². The third-order valence-corrected chi connectivity index (χ3v) is 6.48. The molecule has 1 saturated heterocycles. The maximum absolute atomic E-state index is 13.0. The Kier molecular flexibility index (Phi) is 4.97. The highest BCUT2D eigenvalue weighted by Gasteiger charge is 2.26. The molecule has 3 heterocycles. The van der Waals surface area contributed by atoms with E-state index in [1.54, 1.807) is 11.3 Å². The fourth-order valence-electron chi connectivity index (χ4n) is 3.50. The maximum Gasteiger partial charge on any atom is 0.275 e. The molecule has 0 bridgehead atoms. The summed E-state index contributed by atoms with van der Waals surface area (Å²) in [5.41, 5.74) is 3.79. The first-order valence-electron chi connectivity index (χ1n) is 9.72. The number of aromatic nitrogens is 3. The van der Waals surface area contributed by atoms with E-state index in [0.717, 1.165) is 54.9 Å². The molecule has 1 aromatic carbocycles. The molecule has 4 rings (SSSR count). The van der Waals surface area contributed by atoms with Crippen LogP contribution in [0.25, 0.3) is 10.9 Å². The zero-order valence-corrected chi connectivity index (χ0v) is 17.8. The van der Waals surface area contributed by atoms with Crippen LogP contribution in [0.2, 0.25) is 0 Å². The van der Waals surface area contributed by atoms with E-state index in [0.29, 0.717) is 5.69 Å². The van der Waals surface area contributed by atoms with Crippen LogP contribution in [0.1, 0.15) is 47.5 Å². The Balaban J connectivity index is 1.39. The molecule has 0 unspecified atom stereocenters. The van der Waals surface area contributed by atoms with Crippen molar-refractivity contribution in [2.45, 2.75) is 39.7 Å². The van der Waals surface area contributed by atoms with E-state index in [1.165, 1.54) is 5.01 Å². The molecule has 1 amide bonds. The predicted octanol–water partition coefficient (Wildman–Crippen LogP) is 3.58. The number of thiazole rings is 1. The van der Waals surface area contributed by atoms with Crippen LogP contribution in [-0.4, -0.2) is 57.1 Å². The Morgan fingerprint density at radius 1 is 1.21 bits per heavy atom. The lowest BCUT2D eigenvalue weighted by Crippen LogP contribution is -2.48. The molecule has 0 atom stereocenters. The van der Waals surface area contributed by atoms with Crippen molar-refractivity contribution in [1.82, 2.24) is 25.0 Å². The first-order valence-corrected chi connectivity index (χ1v) is 10.6. The van der Waals surface area contributed by atoms with Crippen LogP contribution >= 0.6 is 11.3 Å². The lowest BCUT2D eigenvalue weighted by atomic mass is 9.98.